The van der Waals surface area contributed by atoms with Gasteiger partial charge in [0.25, 0.3) is 0 Å². The minimum atomic E-state index is 1.06. The molecule has 1 heterocycles. The van der Waals surface area contributed by atoms with Crippen LogP contribution in [0.25, 0.3) is 10.9 Å². The van der Waals surface area contributed by atoms with E-state index in [0.717, 1.165) is 12.3 Å². The highest BCUT2D eigenvalue weighted by Gasteiger charge is 2.05. The summed E-state index contributed by atoms with van der Waals surface area (Å²) in [6.45, 7) is 3.26. The Morgan fingerprint density at radius 1 is 1.29 bits per heavy atom. The Balaban J connectivity index is 2.60. The van der Waals surface area contributed by atoms with E-state index in [0.29, 0.717) is 0 Å². The normalized spacial score (nSPS) is 11.0. The molecule has 0 aliphatic rings. The molecule has 0 aliphatic carbocycles. The third-order valence-electron chi connectivity index (χ3n) is 2.50. The molecule has 0 N–H and O–H groups in total. The number of benzene rings is 1. The van der Waals surface area contributed by atoms with Gasteiger partial charge in [-0.2, -0.15) is 11.8 Å². The molecule has 14 heavy (non-hydrogen) atoms. The Labute approximate surface area is 89.1 Å². The molecule has 1 aromatic heterocycles. The van der Waals surface area contributed by atoms with Gasteiger partial charge in [0.2, 0.25) is 0 Å². The molecule has 1 nitrogen and oxygen atoms in total. The molecule has 2 heteroatoms. The van der Waals surface area contributed by atoms with Gasteiger partial charge in [-0.1, -0.05) is 18.2 Å². The monoisotopic (exact) mass is 205 g/mol. The van der Waals surface area contributed by atoms with Gasteiger partial charge in [0.15, 0.2) is 0 Å². The van der Waals surface area contributed by atoms with Crippen molar-refractivity contribution in [2.24, 2.45) is 0 Å². The molecule has 74 valence electrons. The summed E-state index contributed by atoms with van der Waals surface area (Å²) in [6, 6.07) is 10.9. The van der Waals surface area contributed by atoms with Crippen LogP contribution in [-0.4, -0.2) is 10.8 Å². The molecule has 2 aromatic rings. The van der Waals surface area contributed by atoms with Crippen LogP contribution >= 0.6 is 11.8 Å². The van der Waals surface area contributed by atoms with Crippen molar-refractivity contribution in [3.05, 3.63) is 36.0 Å². The largest absolute Gasteiger partial charge is 0.344 e. The van der Waals surface area contributed by atoms with Crippen molar-refractivity contribution in [1.29, 1.82) is 0 Å². The lowest BCUT2D eigenvalue weighted by atomic mass is 10.2. The molecule has 0 spiro atoms. The van der Waals surface area contributed by atoms with E-state index in [2.05, 4.69) is 48.1 Å². The fraction of sp³-hybridized carbons (Fsp3) is 0.333. The third-order valence-corrected chi connectivity index (χ3v) is 3.09. The van der Waals surface area contributed by atoms with Gasteiger partial charge in [0.05, 0.1) is 0 Å². The maximum absolute atomic E-state index is 2.39. The molecular weight excluding hydrogens is 190 g/mol. The second-order valence-corrected chi connectivity index (χ2v) is 4.24. The summed E-state index contributed by atoms with van der Waals surface area (Å²) in [5.41, 5.74) is 2.79. The predicted molar refractivity (Wildman–Crippen MR) is 64.8 cm³/mol. The van der Waals surface area contributed by atoms with E-state index in [-0.39, 0.29) is 0 Å². The lowest BCUT2D eigenvalue weighted by Gasteiger charge is -2.05. The highest BCUT2D eigenvalue weighted by atomic mass is 32.2. The van der Waals surface area contributed by atoms with Crippen LogP contribution in [0.4, 0.5) is 0 Å². The number of hydrogen-bond acceptors (Lipinski definition) is 1. The molecule has 0 bridgehead atoms. The Bertz CT molecular complexity index is 431. The lowest BCUT2D eigenvalue weighted by Crippen LogP contribution is -1.98. The van der Waals surface area contributed by atoms with Crippen molar-refractivity contribution in [3.63, 3.8) is 0 Å². The Morgan fingerprint density at radius 2 is 2.07 bits per heavy atom. The first-order chi connectivity index (χ1) is 6.86. The predicted octanol–water partition coefficient (Wildman–Crippen LogP) is 3.52. The first kappa shape index (κ1) is 9.66. The van der Waals surface area contributed by atoms with Crippen LogP contribution in [0.5, 0.6) is 0 Å². The topological polar surface area (TPSA) is 4.93 Å². The van der Waals surface area contributed by atoms with E-state index < -0.39 is 0 Å². The second-order valence-electron chi connectivity index (χ2n) is 3.37. The summed E-state index contributed by atoms with van der Waals surface area (Å²) in [5.74, 6) is 1.10. The van der Waals surface area contributed by atoms with Crippen molar-refractivity contribution in [2.45, 2.75) is 19.2 Å². The van der Waals surface area contributed by atoms with Crippen molar-refractivity contribution >= 4 is 22.7 Å². The maximum Gasteiger partial charge on any atom is 0.0482 e. The molecule has 0 atom stereocenters. The lowest BCUT2D eigenvalue weighted by molar-refractivity contribution is 0.766. The molecule has 0 unspecified atom stereocenters. The average molecular weight is 205 g/mol. The van der Waals surface area contributed by atoms with Crippen molar-refractivity contribution < 1.29 is 0 Å². The highest BCUT2D eigenvalue weighted by molar-refractivity contribution is 7.97. The van der Waals surface area contributed by atoms with Gasteiger partial charge < -0.3 is 4.57 Å². The van der Waals surface area contributed by atoms with Crippen LogP contribution < -0.4 is 0 Å². The molecule has 0 saturated carbocycles. The smallest absolute Gasteiger partial charge is 0.0482 e. The van der Waals surface area contributed by atoms with E-state index in [1.54, 1.807) is 0 Å². The first-order valence-corrected chi connectivity index (χ1v) is 6.32. The molecule has 0 amide bonds. The fourth-order valence-corrected chi connectivity index (χ4v) is 2.44. The maximum atomic E-state index is 2.39. The average Bonchev–Trinajstić information content (AvgIpc) is 2.55. The molecule has 1 aromatic carbocycles. The Hall–Kier alpha value is -0.890. The van der Waals surface area contributed by atoms with E-state index in [1.807, 2.05) is 11.8 Å². The van der Waals surface area contributed by atoms with Gasteiger partial charge >= 0.3 is 0 Å². The van der Waals surface area contributed by atoms with E-state index in [4.69, 9.17) is 0 Å². The van der Waals surface area contributed by atoms with Crippen LogP contribution in [0, 0.1) is 0 Å². The molecule has 2 rings (SSSR count). The summed E-state index contributed by atoms with van der Waals surface area (Å²) in [4.78, 5) is 0. The van der Waals surface area contributed by atoms with Crippen molar-refractivity contribution in [3.8, 4) is 0 Å². The van der Waals surface area contributed by atoms with Gasteiger partial charge in [0.1, 0.15) is 0 Å². The van der Waals surface area contributed by atoms with E-state index >= 15 is 0 Å². The zero-order valence-electron chi connectivity index (χ0n) is 8.66. The van der Waals surface area contributed by atoms with Gasteiger partial charge in [0, 0.05) is 23.5 Å². The van der Waals surface area contributed by atoms with Crippen molar-refractivity contribution in [1.82, 2.24) is 4.57 Å². The summed E-state index contributed by atoms with van der Waals surface area (Å²) in [6.07, 6.45) is 2.15. The highest BCUT2D eigenvalue weighted by Crippen LogP contribution is 2.22. The van der Waals surface area contributed by atoms with Crippen LogP contribution in [0.2, 0.25) is 0 Å². The fourth-order valence-electron chi connectivity index (χ4n) is 1.91. The number of aryl methyl sites for hydroxylation is 1. The molecular formula is C12H15NS. The standard InChI is InChI=1S/C12H15NS/c1-3-13-11(9-14-2)8-10-6-4-5-7-12(10)13/h4-8H,3,9H2,1-2H3. The minimum absolute atomic E-state index is 1.06. The summed E-state index contributed by atoms with van der Waals surface area (Å²) < 4.78 is 2.39. The number of thioether (sulfide) groups is 1. The third kappa shape index (κ3) is 1.55. The Kier molecular flexibility index (Phi) is 2.82. The summed E-state index contributed by atoms with van der Waals surface area (Å²) >= 11 is 1.88. The molecule has 0 aliphatic heterocycles. The summed E-state index contributed by atoms with van der Waals surface area (Å²) in [7, 11) is 0. The van der Waals surface area contributed by atoms with Crippen LogP contribution in [-0.2, 0) is 12.3 Å². The van der Waals surface area contributed by atoms with Crippen molar-refractivity contribution in [2.75, 3.05) is 6.26 Å². The number of fused-ring (bicyclic) bond motifs is 1. The molecule has 0 fully saturated rings. The number of para-hydroxylation sites is 1. The zero-order valence-corrected chi connectivity index (χ0v) is 9.47. The van der Waals surface area contributed by atoms with Crippen LogP contribution in [0.3, 0.4) is 0 Å². The van der Waals surface area contributed by atoms with E-state index in [1.165, 1.54) is 16.6 Å². The molecule has 0 saturated heterocycles. The second kappa shape index (κ2) is 4.09. The van der Waals surface area contributed by atoms with Crippen LogP contribution in [0.15, 0.2) is 30.3 Å². The van der Waals surface area contributed by atoms with E-state index in [9.17, 15) is 0 Å². The summed E-state index contributed by atoms with van der Waals surface area (Å²) in [5, 5.41) is 1.36. The number of hydrogen-bond donors (Lipinski definition) is 0. The SMILES string of the molecule is CCn1c(CSC)cc2ccccc21. The first-order valence-electron chi connectivity index (χ1n) is 4.93. The number of rotatable bonds is 3. The van der Waals surface area contributed by atoms with Gasteiger partial charge in [-0.25, -0.2) is 0 Å². The number of nitrogens with zero attached hydrogens (tertiary/aromatic N) is 1. The zero-order chi connectivity index (χ0) is 9.97. The van der Waals surface area contributed by atoms with Crippen LogP contribution in [0.1, 0.15) is 12.6 Å². The molecule has 0 radical (unpaired) electrons. The van der Waals surface area contributed by atoms with Gasteiger partial charge in [-0.05, 0) is 30.7 Å². The quantitative estimate of drug-likeness (QED) is 0.742. The van der Waals surface area contributed by atoms with Gasteiger partial charge in [-0.3, -0.25) is 0 Å². The minimum Gasteiger partial charge on any atom is -0.344 e. The Morgan fingerprint density at radius 3 is 2.79 bits per heavy atom. The van der Waals surface area contributed by atoms with Gasteiger partial charge in [-0.15, -0.1) is 0 Å². The number of aromatic nitrogens is 1.